The topological polar surface area (TPSA) is 99.8 Å². The molecule has 1 aromatic heterocycles. The van der Waals surface area contributed by atoms with Gasteiger partial charge in [0.15, 0.2) is 0 Å². The van der Waals surface area contributed by atoms with Gasteiger partial charge in [-0.3, -0.25) is 14.4 Å². The Morgan fingerprint density at radius 2 is 2.22 bits per heavy atom. The number of carbonyl (C=O) groups excluding carboxylic acids is 2. The van der Waals surface area contributed by atoms with E-state index in [2.05, 4.69) is 5.32 Å². The molecule has 0 radical (unpaired) electrons. The van der Waals surface area contributed by atoms with Crippen molar-refractivity contribution in [2.45, 2.75) is 45.2 Å². The molecule has 126 valence electrons. The molecular formula is C16H22N2O5. The summed E-state index contributed by atoms with van der Waals surface area (Å²) < 4.78 is 5.22. The third-order valence-electron chi connectivity index (χ3n) is 3.94. The van der Waals surface area contributed by atoms with Crippen molar-refractivity contribution in [1.29, 1.82) is 0 Å². The molecule has 1 atom stereocenters. The Morgan fingerprint density at radius 1 is 1.48 bits per heavy atom. The number of nitrogens with zero attached hydrogens (tertiary/aromatic N) is 1. The van der Waals surface area contributed by atoms with Crippen LogP contribution in [0.3, 0.4) is 0 Å². The van der Waals surface area contributed by atoms with Crippen LogP contribution in [0.2, 0.25) is 0 Å². The lowest BCUT2D eigenvalue weighted by molar-refractivity contribution is -0.138. The molecule has 2 N–H and O–H groups in total. The fourth-order valence-electron chi connectivity index (χ4n) is 2.61. The number of aliphatic carboxylic acids is 1. The summed E-state index contributed by atoms with van der Waals surface area (Å²) in [7, 11) is 0. The Kier molecular flexibility index (Phi) is 5.08. The number of likely N-dealkylation sites (tertiary alicyclic amines) is 1. The zero-order valence-electron chi connectivity index (χ0n) is 13.4. The molecule has 2 rings (SSSR count). The van der Waals surface area contributed by atoms with Crippen LogP contribution in [0, 0.1) is 5.92 Å². The van der Waals surface area contributed by atoms with E-state index in [9.17, 15) is 14.4 Å². The molecule has 0 aliphatic carbocycles. The van der Waals surface area contributed by atoms with E-state index >= 15 is 0 Å². The first-order chi connectivity index (χ1) is 10.8. The Morgan fingerprint density at radius 3 is 2.83 bits per heavy atom. The third-order valence-corrected chi connectivity index (χ3v) is 3.94. The predicted molar refractivity (Wildman–Crippen MR) is 81.3 cm³/mol. The van der Waals surface area contributed by atoms with Gasteiger partial charge >= 0.3 is 5.97 Å². The van der Waals surface area contributed by atoms with Crippen molar-refractivity contribution in [2.24, 2.45) is 5.92 Å². The summed E-state index contributed by atoms with van der Waals surface area (Å²) in [5, 5.41) is 11.6. The summed E-state index contributed by atoms with van der Waals surface area (Å²) in [6, 6.07) is 3.54. The molecule has 7 nitrogen and oxygen atoms in total. The minimum atomic E-state index is -0.895. The van der Waals surface area contributed by atoms with Crippen LogP contribution < -0.4 is 5.32 Å². The maximum absolute atomic E-state index is 12.3. The van der Waals surface area contributed by atoms with Crippen molar-refractivity contribution in [3.63, 3.8) is 0 Å². The molecule has 1 aliphatic heterocycles. The minimum absolute atomic E-state index is 0.0124. The van der Waals surface area contributed by atoms with Crippen molar-refractivity contribution in [3.05, 3.63) is 24.2 Å². The van der Waals surface area contributed by atoms with Crippen molar-refractivity contribution in [1.82, 2.24) is 10.2 Å². The van der Waals surface area contributed by atoms with Gasteiger partial charge in [0.25, 0.3) is 0 Å². The monoisotopic (exact) mass is 322 g/mol. The number of furan rings is 1. The van der Waals surface area contributed by atoms with Crippen molar-refractivity contribution in [2.75, 3.05) is 6.54 Å². The molecule has 1 aliphatic rings. The van der Waals surface area contributed by atoms with E-state index in [1.165, 1.54) is 0 Å². The smallest absolute Gasteiger partial charge is 0.303 e. The predicted octanol–water partition coefficient (Wildman–Crippen LogP) is 1.39. The Hall–Kier alpha value is -2.31. The number of carboxylic acid groups (broad SMARTS) is 1. The van der Waals surface area contributed by atoms with Gasteiger partial charge in [-0.15, -0.1) is 0 Å². The number of amides is 2. The molecule has 0 bridgehead atoms. The highest BCUT2D eigenvalue weighted by Crippen LogP contribution is 2.22. The van der Waals surface area contributed by atoms with Gasteiger partial charge in [0, 0.05) is 24.9 Å². The van der Waals surface area contributed by atoms with E-state index in [-0.39, 0.29) is 24.7 Å². The normalized spacial score (nSPS) is 18.3. The highest BCUT2D eigenvalue weighted by atomic mass is 16.4. The van der Waals surface area contributed by atoms with E-state index < -0.39 is 17.4 Å². The standard InChI is InChI=1S/C16H22N2O5/c1-16(2,6-5-14(20)21)17-15(22)11-8-13(19)18(9-11)10-12-4-3-7-23-12/h3-4,7,11H,5-6,8-10H2,1-2H3,(H,17,22)(H,20,21). The lowest BCUT2D eigenvalue weighted by atomic mass is 9.96. The molecule has 7 heteroatoms. The quantitative estimate of drug-likeness (QED) is 0.790. The van der Waals surface area contributed by atoms with Crippen LogP contribution in [-0.2, 0) is 20.9 Å². The third kappa shape index (κ3) is 4.84. The second-order valence-electron chi connectivity index (χ2n) is 6.52. The van der Waals surface area contributed by atoms with Crippen molar-refractivity contribution in [3.8, 4) is 0 Å². The number of carbonyl (C=O) groups is 3. The van der Waals surface area contributed by atoms with Gasteiger partial charge in [0.1, 0.15) is 5.76 Å². The van der Waals surface area contributed by atoms with Crippen LogP contribution in [0.4, 0.5) is 0 Å². The molecule has 2 heterocycles. The van der Waals surface area contributed by atoms with Crippen molar-refractivity contribution < 1.29 is 23.9 Å². The van der Waals surface area contributed by atoms with Gasteiger partial charge < -0.3 is 19.7 Å². The van der Waals surface area contributed by atoms with E-state index in [1.807, 2.05) is 0 Å². The fraction of sp³-hybridized carbons (Fsp3) is 0.562. The minimum Gasteiger partial charge on any atom is -0.481 e. The maximum Gasteiger partial charge on any atom is 0.303 e. The first-order valence-corrected chi connectivity index (χ1v) is 7.61. The van der Waals surface area contributed by atoms with Gasteiger partial charge in [-0.2, -0.15) is 0 Å². The first kappa shape index (κ1) is 17.1. The van der Waals surface area contributed by atoms with Crippen LogP contribution in [0.15, 0.2) is 22.8 Å². The average molecular weight is 322 g/mol. The van der Waals surface area contributed by atoms with E-state index in [0.717, 1.165) is 0 Å². The summed E-state index contributed by atoms with van der Waals surface area (Å²) in [5.41, 5.74) is -0.618. The van der Waals surface area contributed by atoms with E-state index in [1.54, 1.807) is 37.1 Å². The Labute approximate surface area is 134 Å². The molecule has 1 unspecified atom stereocenters. The maximum atomic E-state index is 12.3. The lowest BCUT2D eigenvalue weighted by Crippen LogP contribution is -2.46. The number of carboxylic acids is 1. The molecule has 2 amide bonds. The van der Waals surface area contributed by atoms with Gasteiger partial charge in [-0.1, -0.05) is 0 Å². The Balaban J connectivity index is 1.88. The first-order valence-electron chi connectivity index (χ1n) is 7.61. The lowest BCUT2D eigenvalue weighted by Gasteiger charge is -2.27. The van der Waals surface area contributed by atoms with Gasteiger partial charge in [0.05, 0.1) is 18.7 Å². The summed E-state index contributed by atoms with van der Waals surface area (Å²) in [4.78, 5) is 36.6. The molecule has 0 saturated carbocycles. The van der Waals surface area contributed by atoms with E-state index in [0.29, 0.717) is 25.3 Å². The molecule has 23 heavy (non-hydrogen) atoms. The summed E-state index contributed by atoms with van der Waals surface area (Å²) in [5.74, 6) is -0.920. The van der Waals surface area contributed by atoms with Gasteiger partial charge in [-0.25, -0.2) is 0 Å². The summed E-state index contributed by atoms with van der Waals surface area (Å²) in [6.45, 7) is 4.27. The van der Waals surface area contributed by atoms with Gasteiger partial charge in [0.2, 0.25) is 11.8 Å². The van der Waals surface area contributed by atoms with E-state index in [4.69, 9.17) is 9.52 Å². The Bertz CT molecular complexity index is 579. The van der Waals surface area contributed by atoms with Gasteiger partial charge in [-0.05, 0) is 32.4 Å². The molecule has 1 aromatic rings. The average Bonchev–Trinajstić information content (AvgIpc) is 3.07. The zero-order valence-corrected chi connectivity index (χ0v) is 13.4. The van der Waals surface area contributed by atoms with Crippen LogP contribution in [0.5, 0.6) is 0 Å². The summed E-state index contributed by atoms with van der Waals surface area (Å²) in [6.07, 6.45) is 2.04. The molecule has 0 aromatic carbocycles. The van der Waals surface area contributed by atoms with Crippen LogP contribution in [-0.4, -0.2) is 39.9 Å². The number of rotatable bonds is 7. The van der Waals surface area contributed by atoms with Crippen LogP contribution >= 0.6 is 0 Å². The summed E-state index contributed by atoms with van der Waals surface area (Å²) >= 11 is 0. The zero-order chi connectivity index (χ0) is 17.0. The SMILES string of the molecule is CC(C)(CCC(=O)O)NC(=O)C1CC(=O)N(Cc2ccco2)C1. The number of hydrogen-bond donors (Lipinski definition) is 2. The second kappa shape index (κ2) is 6.85. The highest BCUT2D eigenvalue weighted by Gasteiger charge is 2.36. The van der Waals surface area contributed by atoms with Crippen LogP contribution in [0.25, 0.3) is 0 Å². The largest absolute Gasteiger partial charge is 0.481 e. The molecule has 1 fully saturated rings. The number of nitrogens with one attached hydrogen (secondary N) is 1. The van der Waals surface area contributed by atoms with Crippen molar-refractivity contribution >= 4 is 17.8 Å². The fourth-order valence-corrected chi connectivity index (χ4v) is 2.61. The molecule has 1 saturated heterocycles. The highest BCUT2D eigenvalue weighted by molar-refractivity contribution is 5.89. The number of hydrogen-bond acceptors (Lipinski definition) is 4. The van der Waals surface area contributed by atoms with Crippen LogP contribution in [0.1, 0.15) is 38.9 Å². The second-order valence-corrected chi connectivity index (χ2v) is 6.52. The molecular weight excluding hydrogens is 300 g/mol. The molecule has 0 spiro atoms.